The van der Waals surface area contributed by atoms with Crippen LogP contribution in [0.1, 0.15) is 18.4 Å². The van der Waals surface area contributed by atoms with Gasteiger partial charge in [-0.25, -0.2) is 9.98 Å². The summed E-state index contributed by atoms with van der Waals surface area (Å²) in [5.41, 5.74) is 7.90. The molecule has 0 unspecified atom stereocenters. The van der Waals surface area contributed by atoms with E-state index in [0.717, 1.165) is 17.0 Å². The maximum Gasteiger partial charge on any atom is 0.189 e. The van der Waals surface area contributed by atoms with E-state index in [9.17, 15) is 0 Å². The summed E-state index contributed by atoms with van der Waals surface area (Å²) < 4.78 is 0. The maximum absolute atomic E-state index is 5.81. The molecule has 1 aromatic heterocycles. The third-order valence-electron chi connectivity index (χ3n) is 2.98. The largest absolute Gasteiger partial charge is 0.370 e. The molecule has 7 heteroatoms. The lowest BCUT2D eigenvalue weighted by atomic mass is 10.1. The number of aliphatic imine (C=N–C) groups is 1. The zero-order valence-corrected chi connectivity index (χ0v) is 13.2. The van der Waals surface area contributed by atoms with Gasteiger partial charge in [-0.05, 0) is 24.5 Å². The van der Waals surface area contributed by atoms with Crippen molar-refractivity contribution in [2.45, 2.75) is 25.4 Å². The number of guanidine groups is 1. The number of rotatable bonds is 4. The van der Waals surface area contributed by atoms with Gasteiger partial charge in [0.05, 0.1) is 6.54 Å². The molecule has 0 saturated heterocycles. The Hall–Kier alpha value is -1.64. The van der Waals surface area contributed by atoms with Crippen molar-refractivity contribution in [1.82, 2.24) is 20.5 Å². The molecule has 2 aromatic rings. The molecule has 6 nitrogen and oxygen atoms in total. The fourth-order valence-electron chi connectivity index (χ4n) is 1.82. The molecule has 1 aliphatic carbocycles. The fraction of sp³-hybridized carbons (Fsp3) is 0.308. The molecule has 1 heterocycles. The van der Waals surface area contributed by atoms with Crippen LogP contribution in [-0.4, -0.2) is 27.2 Å². The molecule has 0 bridgehead atoms. The lowest BCUT2D eigenvalue weighted by molar-refractivity contribution is 0.879. The van der Waals surface area contributed by atoms with Crippen molar-refractivity contribution in [3.8, 4) is 11.4 Å². The molecule has 1 aromatic carbocycles. The van der Waals surface area contributed by atoms with Crippen molar-refractivity contribution >= 4 is 29.9 Å². The smallest absolute Gasteiger partial charge is 0.189 e. The Morgan fingerprint density at radius 3 is 3.00 bits per heavy atom. The first kappa shape index (κ1) is 14.8. The van der Waals surface area contributed by atoms with Gasteiger partial charge in [0.15, 0.2) is 11.8 Å². The van der Waals surface area contributed by atoms with Crippen LogP contribution in [-0.2, 0) is 6.54 Å². The van der Waals surface area contributed by atoms with Crippen molar-refractivity contribution < 1.29 is 0 Å². The number of nitrogens with two attached hydrogens (primary N) is 1. The van der Waals surface area contributed by atoms with Gasteiger partial charge in [-0.1, -0.05) is 18.2 Å². The molecule has 0 spiro atoms. The second kappa shape index (κ2) is 6.69. The summed E-state index contributed by atoms with van der Waals surface area (Å²) in [7, 11) is 0. The number of nitrogens with one attached hydrogen (secondary N) is 2. The highest BCUT2D eigenvalue weighted by molar-refractivity contribution is 14.0. The standard InChI is InChI=1S/C13H16N6.HI/c14-13(18-11-4-5-11)15-7-9-2-1-3-10(6-9)12-16-8-17-19-12;/h1-3,6,8,11H,4-5,7H2,(H3,14,15,18)(H,16,17,19);1H. The van der Waals surface area contributed by atoms with Gasteiger partial charge in [0, 0.05) is 11.6 Å². The topological polar surface area (TPSA) is 92.0 Å². The van der Waals surface area contributed by atoms with Crippen LogP contribution in [0.25, 0.3) is 11.4 Å². The number of nitrogens with zero attached hydrogens (tertiary/aromatic N) is 3. The number of aromatic nitrogens is 3. The number of hydrogen-bond acceptors (Lipinski definition) is 3. The Balaban J connectivity index is 0.00000147. The molecule has 0 aliphatic heterocycles. The van der Waals surface area contributed by atoms with Gasteiger partial charge in [0.1, 0.15) is 6.33 Å². The summed E-state index contributed by atoms with van der Waals surface area (Å²) in [5, 5.41) is 9.86. The molecule has 1 fully saturated rings. The summed E-state index contributed by atoms with van der Waals surface area (Å²) in [4.78, 5) is 8.47. The SMILES string of the molecule is I.NC(=NCc1cccc(-c2ncn[nH]2)c1)NC1CC1. The molecule has 106 valence electrons. The minimum Gasteiger partial charge on any atom is -0.370 e. The number of benzene rings is 1. The van der Waals surface area contributed by atoms with Gasteiger partial charge in [0.2, 0.25) is 0 Å². The van der Waals surface area contributed by atoms with E-state index in [1.165, 1.54) is 19.2 Å². The van der Waals surface area contributed by atoms with E-state index in [-0.39, 0.29) is 24.0 Å². The molecule has 0 radical (unpaired) electrons. The second-order valence-corrected chi connectivity index (χ2v) is 4.65. The lowest BCUT2D eigenvalue weighted by Crippen LogP contribution is -2.33. The highest BCUT2D eigenvalue weighted by Crippen LogP contribution is 2.18. The molecule has 1 aliphatic rings. The summed E-state index contributed by atoms with van der Waals surface area (Å²) in [6.45, 7) is 0.563. The molecule has 3 rings (SSSR count). The predicted molar refractivity (Wildman–Crippen MR) is 88.7 cm³/mol. The third kappa shape index (κ3) is 3.92. The van der Waals surface area contributed by atoms with Crippen LogP contribution in [0.2, 0.25) is 0 Å². The van der Waals surface area contributed by atoms with Crippen LogP contribution < -0.4 is 11.1 Å². The number of H-pyrrole nitrogens is 1. The van der Waals surface area contributed by atoms with Gasteiger partial charge in [-0.2, -0.15) is 5.10 Å². The van der Waals surface area contributed by atoms with Crippen LogP contribution in [0, 0.1) is 0 Å². The van der Waals surface area contributed by atoms with E-state index in [1.54, 1.807) is 0 Å². The van der Waals surface area contributed by atoms with E-state index in [4.69, 9.17) is 5.73 Å². The minimum absolute atomic E-state index is 0. The quantitative estimate of drug-likeness (QED) is 0.425. The Labute approximate surface area is 134 Å². The first-order chi connectivity index (χ1) is 9.31. The van der Waals surface area contributed by atoms with Crippen LogP contribution in [0.15, 0.2) is 35.6 Å². The van der Waals surface area contributed by atoms with Gasteiger partial charge < -0.3 is 11.1 Å². The van der Waals surface area contributed by atoms with E-state index in [0.29, 0.717) is 18.5 Å². The van der Waals surface area contributed by atoms with E-state index in [1.807, 2.05) is 24.3 Å². The monoisotopic (exact) mass is 384 g/mol. The zero-order valence-electron chi connectivity index (χ0n) is 10.9. The Kier molecular flexibility index (Phi) is 4.94. The first-order valence-corrected chi connectivity index (χ1v) is 6.32. The summed E-state index contributed by atoms with van der Waals surface area (Å²) in [6.07, 6.45) is 3.88. The van der Waals surface area contributed by atoms with Gasteiger partial charge >= 0.3 is 0 Å². The van der Waals surface area contributed by atoms with Crippen LogP contribution in [0.5, 0.6) is 0 Å². The van der Waals surface area contributed by atoms with E-state index < -0.39 is 0 Å². The van der Waals surface area contributed by atoms with Crippen molar-refractivity contribution in [2.75, 3.05) is 0 Å². The number of aromatic amines is 1. The van der Waals surface area contributed by atoms with Crippen molar-refractivity contribution in [3.63, 3.8) is 0 Å². The highest BCUT2D eigenvalue weighted by Gasteiger charge is 2.21. The Morgan fingerprint density at radius 2 is 2.30 bits per heavy atom. The third-order valence-corrected chi connectivity index (χ3v) is 2.98. The van der Waals surface area contributed by atoms with Crippen molar-refractivity contribution in [1.29, 1.82) is 0 Å². The van der Waals surface area contributed by atoms with E-state index in [2.05, 4.69) is 25.5 Å². The molecular formula is C13H17IN6. The molecule has 1 saturated carbocycles. The molecular weight excluding hydrogens is 367 g/mol. The Morgan fingerprint density at radius 1 is 1.45 bits per heavy atom. The molecule has 0 amide bonds. The van der Waals surface area contributed by atoms with E-state index >= 15 is 0 Å². The Bertz CT molecular complexity index is 576. The summed E-state index contributed by atoms with van der Waals surface area (Å²) >= 11 is 0. The highest BCUT2D eigenvalue weighted by atomic mass is 127. The molecule has 0 atom stereocenters. The van der Waals surface area contributed by atoms with Crippen LogP contribution >= 0.6 is 24.0 Å². The first-order valence-electron chi connectivity index (χ1n) is 6.32. The second-order valence-electron chi connectivity index (χ2n) is 4.65. The predicted octanol–water partition coefficient (Wildman–Crippen LogP) is 1.66. The summed E-state index contributed by atoms with van der Waals surface area (Å²) in [5.74, 6) is 1.28. The molecule has 4 N–H and O–H groups in total. The van der Waals surface area contributed by atoms with Crippen molar-refractivity contribution in [2.24, 2.45) is 10.7 Å². The van der Waals surface area contributed by atoms with Crippen LogP contribution in [0.3, 0.4) is 0 Å². The van der Waals surface area contributed by atoms with Gasteiger partial charge in [0.25, 0.3) is 0 Å². The van der Waals surface area contributed by atoms with Crippen LogP contribution in [0.4, 0.5) is 0 Å². The minimum atomic E-state index is 0. The average molecular weight is 384 g/mol. The van der Waals surface area contributed by atoms with Gasteiger partial charge in [-0.15, -0.1) is 24.0 Å². The zero-order chi connectivity index (χ0) is 13.1. The fourth-order valence-corrected chi connectivity index (χ4v) is 1.82. The normalized spacial score (nSPS) is 14.7. The number of hydrogen-bond donors (Lipinski definition) is 3. The van der Waals surface area contributed by atoms with Gasteiger partial charge in [-0.3, -0.25) is 5.10 Å². The van der Waals surface area contributed by atoms with Crippen molar-refractivity contribution in [3.05, 3.63) is 36.2 Å². The molecule has 20 heavy (non-hydrogen) atoms. The maximum atomic E-state index is 5.81. The number of halogens is 1. The summed E-state index contributed by atoms with van der Waals surface area (Å²) in [6, 6.07) is 8.55. The lowest BCUT2D eigenvalue weighted by Gasteiger charge is -2.04. The average Bonchev–Trinajstić information content (AvgIpc) is 3.07.